The molecular formula is C15H31NO2. The second-order valence-electron chi connectivity index (χ2n) is 5.27. The number of unbranched alkanes of at least 4 members (excludes halogenated alkanes) is 6. The van der Waals surface area contributed by atoms with Gasteiger partial charge in [-0.1, -0.05) is 65.2 Å². The van der Waals surface area contributed by atoms with Crippen molar-refractivity contribution >= 4 is 5.91 Å². The second kappa shape index (κ2) is 11.5. The molecule has 108 valence electrons. The van der Waals surface area contributed by atoms with Gasteiger partial charge in [0.15, 0.2) is 0 Å². The fourth-order valence-electron chi connectivity index (χ4n) is 2.47. The SMILES string of the molecule is CCCCCCCCCC(C(N)=O)C(CC)CO. The number of amides is 1. The third kappa shape index (κ3) is 7.70. The van der Waals surface area contributed by atoms with Crippen LogP contribution in [0.2, 0.25) is 0 Å². The first-order valence-electron chi connectivity index (χ1n) is 7.57. The van der Waals surface area contributed by atoms with Crippen LogP contribution < -0.4 is 5.73 Å². The summed E-state index contributed by atoms with van der Waals surface area (Å²) in [7, 11) is 0. The standard InChI is InChI=1S/C15H31NO2/c1-3-5-6-7-8-9-10-11-14(15(16)18)13(4-2)12-17/h13-14,17H,3-12H2,1-2H3,(H2,16,18). The molecule has 0 aliphatic heterocycles. The number of aliphatic hydroxyl groups is 1. The van der Waals surface area contributed by atoms with Gasteiger partial charge in [0.2, 0.25) is 5.91 Å². The molecule has 0 aliphatic rings. The van der Waals surface area contributed by atoms with Crippen molar-refractivity contribution in [3.63, 3.8) is 0 Å². The van der Waals surface area contributed by atoms with Crippen LogP contribution in [0.4, 0.5) is 0 Å². The van der Waals surface area contributed by atoms with Crippen LogP contribution in [-0.2, 0) is 4.79 Å². The van der Waals surface area contributed by atoms with Crippen molar-refractivity contribution in [1.82, 2.24) is 0 Å². The van der Waals surface area contributed by atoms with Gasteiger partial charge in [-0.15, -0.1) is 0 Å². The van der Waals surface area contributed by atoms with Crippen molar-refractivity contribution < 1.29 is 9.90 Å². The lowest BCUT2D eigenvalue weighted by molar-refractivity contribution is -0.124. The first-order valence-corrected chi connectivity index (χ1v) is 7.57. The Bertz CT molecular complexity index is 203. The molecule has 18 heavy (non-hydrogen) atoms. The van der Waals surface area contributed by atoms with E-state index in [0.29, 0.717) is 0 Å². The van der Waals surface area contributed by atoms with Crippen LogP contribution in [0.15, 0.2) is 0 Å². The van der Waals surface area contributed by atoms with Crippen molar-refractivity contribution in [3.05, 3.63) is 0 Å². The Balaban J connectivity index is 3.74. The molecule has 0 saturated carbocycles. The predicted molar refractivity (Wildman–Crippen MR) is 76.2 cm³/mol. The van der Waals surface area contributed by atoms with Crippen LogP contribution in [0.25, 0.3) is 0 Å². The van der Waals surface area contributed by atoms with E-state index in [4.69, 9.17) is 5.73 Å². The molecule has 3 nitrogen and oxygen atoms in total. The second-order valence-corrected chi connectivity index (χ2v) is 5.27. The summed E-state index contributed by atoms with van der Waals surface area (Å²) in [5.41, 5.74) is 5.42. The zero-order chi connectivity index (χ0) is 13.8. The Morgan fingerprint density at radius 2 is 1.61 bits per heavy atom. The van der Waals surface area contributed by atoms with E-state index in [-0.39, 0.29) is 24.3 Å². The van der Waals surface area contributed by atoms with Crippen LogP contribution in [-0.4, -0.2) is 17.6 Å². The Kier molecular flexibility index (Phi) is 11.2. The van der Waals surface area contributed by atoms with Gasteiger partial charge >= 0.3 is 0 Å². The van der Waals surface area contributed by atoms with Crippen molar-refractivity contribution in [1.29, 1.82) is 0 Å². The molecule has 0 radical (unpaired) electrons. The molecule has 0 fully saturated rings. The number of nitrogens with two attached hydrogens (primary N) is 1. The van der Waals surface area contributed by atoms with E-state index < -0.39 is 0 Å². The topological polar surface area (TPSA) is 63.3 Å². The van der Waals surface area contributed by atoms with Crippen molar-refractivity contribution in [3.8, 4) is 0 Å². The number of carbonyl (C=O) groups is 1. The predicted octanol–water partition coefficient (Wildman–Crippen LogP) is 3.25. The summed E-state index contributed by atoms with van der Waals surface area (Å²) in [5, 5.41) is 9.24. The smallest absolute Gasteiger partial charge is 0.220 e. The van der Waals surface area contributed by atoms with E-state index in [1.165, 1.54) is 38.5 Å². The molecule has 2 atom stereocenters. The Morgan fingerprint density at radius 3 is 2.06 bits per heavy atom. The van der Waals surface area contributed by atoms with Gasteiger partial charge in [-0.3, -0.25) is 4.79 Å². The molecule has 0 bridgehead atoms. The van der Waals surface area contributed by atoms with Gasteiger partial charge in [0, 0.05) is 12.5 Å². The van der Waals surface area contributed by atoms with E-state index in [1.807, 2.05) is 6.92 Å². The lowest BCUT2D eigenvalue weighted by Crippen LogP contribution is -2.31. The molecule has 3 N–H and O–H groups in total. The van der Waals surface area contributed by atoms with Crippen molar-refractivity contribution in [2.75, 3.05) is 6.61 Å². The minimum absolute atomic E-state index is 0.0441. The number of hydrogen-bond donors (Lipinski definition) is 2. The van der Waals surface area contributed by atoms with Crippen LogP contribution in [0.3, 0.4) is 0 Å². The summed E-state index contributed by atoms with van der Waals surface area (Å²) in [6, 6.07) is 0. The zero-order valence-corrected chi connectivity index (χ0v) is 12.2. The van der Waals surface area contributed by atoms with Crippen LogP contribution in [0.5, 0.6) is 0 Å². The molecule has 0 heterocycles. The number of rotatable bonds is 12. The van der Waals surface area contributed by atoms with Gasteiger partial charge in [0.1, 0.15) is 0 Å². The molecule has 0 aromatic rings. The van der Waals surface area contributed by atoms with Crippen LogP contribution in [0, 0.1) is 11.8 Å². The number of carbonyl (C=O) groups excluding carboxylic acids is 1. The van der Waals surface area contributed by atoms with Gasteiger partial charge in [-0.05, 0) is 12.3 Å². The first kappa shape index (κ1) is 17.4. The summed E-state index contributed by atoms with van der Waals surface area (Å²) in [6.45, 7) is 4.29. The maximum atomic E-state index is 11.4. The molecule has 0 aromatic heterocycles. The Morgan fingerprint density at radius 1 is 1.06 bits per heavy atom. The molecule has 0 spiro atoms. The number of aliphatic hydroxyl groups excluding tert-OH is 1. The third-order valence-electron chi connectivity index (χ3n) is 3.81. The van der Waals surface area contributed by atoms with Crippen molar-refractivity contribution in [2.24, 2.45) is 17.6 Å². The quantitative estimate of drug-likeness (QED) is 0.527. The third-order valence-corrected chi connectivity index (χ3v) is 3.81. The molecule has 3 heteroatoms. The summed E-state index contributed by atoms with van der Waals surface area (Å²) >= 11 is 0. The first-order chi connectivity index (χ1) is 8.67. The fourth-order valence-corrected chi connectivity index (χ4v) is 2.47. The average Bonchev–Trinajstić information content (AvgIpc) is 2.36. The molecule has 2 unspecified atom stereocenters. The summed E-state index contributed by atoms with van der Waals surface area (Å²) in [5.74, 6) is -0.347. The van der Waals surface area contributed by atoms with Gasteiger partial charge in [-0.25, -0.2) is 0 Å². The van der Waals surface area contributed by atoms with Crippen LogP contribution in [0.1, 0.15) is 71.6 Å². The highest BCUT2D eigenvalue weighted by atomic mass is 16.3. The molecule has 0 rings (SSSR count). The van der Waals surface area contributed by atoms with E-state index in [2.05, 4.69) is 6.92 Å². The van der Waals surface area contributed by atoms with E-state index in [1.54, 1.807) is 0 Å². The maximum Gasteiger partial charge on any atom is 0.220 e. The summed E-state index contributed by atoms with van der Waals surface area (Å²) in [4.78, 5) is 11.4. The normalized spacial score (nSPS) is 14.4. The van der Waals surface area contributed by atoms with E-state index >= 15 is 0 Å². The highest BCUT2D eigenvalue weighted by molar-refractivity contribution is 5.76. The molecule has 1 amide bonds. The molecule has 0 aliphatic carbocycles. The van der Waals surface area contributed by atoms with Crippen molar-refractivity contribution in [2.45, 2.75) is 71.6 Å². The minimum Gasteiger partial charge on any atom is -0.396 e. The van der Waals surface area contributed by atoms with Gasteiger partial charge in [0.25, 0.3) is 0 Å². The lowest BCUT2D eigenvalue weighted by Gasteiger charge is -2.21. The molecular weight excluding hydrogens is 226 g/mol. The molecule has 0 saturated heterocycles. The van der Waals surface area contributed by atoms with Gasteiger partial charge in [-0.2, -0.15) is 0 Å². The lowest BCUT2D eigenvalue weighted by atomic mass is 9.85. The fraction of sp³-hybridized carbons (Fsp3) is 0.933. The van der Waals surface area contributed by atoms with E-state index in [9.17, 15) is 9.90 Å². The summed E-state index contributed by atoms with van der Waals surface area (Å²) < 4.78 is 0. The maximum absolute atomic E-state index is 11.4. The van der Waals surface area contributed by atoms with Gasteiger partial charge in [0.05, 0.1) is 0 Å². The number of hydrogen-bond acceptors (Lipinski definition) is 2. The molecule has 0 aromatic carbocycles. The number of primary amides is 1. The average molecular weight is 257 g/mol. The van der Waals surface area contributed by atoms with E-state index in [0.717, 1.165) is 19.3 Å². The monoisotopic (exact) mass is 257 g/mol. The Hall–Kier alpha value is -0.570. The summed E-state index contributed by atoms with van der Waals surface area (Å²) in [6.07, 6.45) is 10.4. The highest BCUT2D eigenvalue weighted by Crippen LogP contribution is 2.22. The highest BCUT2D eigenvalue weighted by Gasteiger charge is 2.23. The Labute approximate surface area is 112 Å². The van der Waals surface area contributed by atoms with Gasteiger partial charge < -0.3 is 10.8 Å². The largest absolute Gasteiger partial charge is 0.396 e. The minimum atomic E-state index is -0.248. The van der Waals surface area contributed by atoms with Crippen LogP contribution >= 0.6 is 0 Å². The zero-order valence-electron chi connectivity index (χ0n) is 12.2.